The Bertz CT molecular complexity index is 391. The van der Waals surface area contributed by atoms with Gasteiger partial charge in [-0.2, -0.15) is 13.2 Å². The number of carbonyl (C=O) groups is 1. The number of nitrogens with one attached hydrogen (secondary N) is 1. The van der Waals surface area contributed by atoms with Crippen LogP contribution in [0.2, 0.25) is 0 Å². The first-order valence-electron chi connectivity index (χ1n) is 4.01. The number of halogens is 3. The number of alkyl halides is 3. The van der Waals surface area contributed by atoms with Crippen LogP contribution >= 0.6 is 11.3 Å². The van der Waals surface area contributed by atoms with Crippen molar-refractivity contribution in [3.05, 3.63) is 10.6 Å². The van der Waals surface area contributed by atoms with Gasteiger partial charge in [-0.3, -0.25) is 9.63 Å². The third kappa shape index (κ3) is 3.66. The average Bonchev–Trinajstić information content (AvgIpc) is 2.43. The number of rotatable bonds is 3. The van der Waals surface area contributed by atoms with E-state index in [0.29, 0.717) is 5.69 Å². The molecule has 0 unspecified atom stereocenters. The van der Waals surface area contributed by atoms with Crippen LogP contribution in [0.25, 0.3) is 0 Å². The molecule has 1 heterocycles. The number of nitrogen functional groups attached to an aromatic ring is 1. The first-order chi connectivity index (χ1) is 7.29. The first kappa shape index (κ1) is 12.7. The van der Waals surface area contributed by atoms with Crippen molar-refractivity contribution in [1.82, 2.24) is 10.5 Å². The number of hydrogen-bond donors (Lipinski definition) is 2. The van der Waals surface area contributed by atoms with E-state index in [4.69, 9.17) is 5.73 Å². The molecule has 0 aromatic carbocycles. The largest absolute Gasteiger partial charge is 0.414 e. The highest BCUT2D eigenvalue weighted by molar-refractivity contribution is 7.17. The predicted octanol–water partition coefficient (Wildman–Crippen LogP) is 1.26. The minimum atomic E-state index is -4.49. The highest BCUT2D eigenvalue weighted by Gasteiger charge is 2.28. The standard InChI is InChI=1S/C7H8F3N3O2S/c1-3-4(16-6(11)12-3)5(14)13-15-2-7(8,9)10/h2H2,1H3,(H2,11,12)(H,13,14). The lowest BCUT2D eigenvalue weighted by atomic mass is 10.4. The van der Waals surface area contributed by atoms with Crippen LogP contribution in [-0.2, 0) is 4.84 Å². The van der Waals surface area contributed by atoms with Crippen molar-refractivity contribution in [1.29, 1.82) is 0 Å². The highest BCUT2D eigenvalue weighted by Crippen LogP contribution is 2.19. The van der Waals surface area contributed by atoms with Gasteiger partial charge in [0, 0.05) is 0 Å². The predicted molar refractivity (Wildman–Crippen MR) is 50.7 cm³/mol. The summed E-state index contributed by atoms with van der Waals surface area (Å²) in [5, 5.41) is 0.165. The monoisotopic (exact) mass is 255 g/mol. The van der Waals surface area contributed by atoms with Gasteiger partial charge in [0.2, 0.25) is 0 Å². The number of carbonyl (C=O) groups excluding carboxylic acids is 1. The molecule has 0 aliphatic rings. The van der Waals surface area contributed by atoms with E-state index in [-0.39, 0.29) is 10.0 Å². The zero-order valence-corrected chi connectivity index (χ0v) is 8.91. The molecule has 0 spiro atoms. The van der Waals surface area contributed by atoms with Crippen LogP contribution in [-0.4, -0.2) is 23.7 Å². The van der Waals surface area contributed by atoms with Crippen molar-refractivity contribution >= 4 is 22.4 Å². The van der Waals surface area contributed by atoms with Crippen LogP contribution in [0.1, 0.15) is 15.4 Å². The van der Waals surface area contributed by atoms with E-state index in [1.165, 1.54) is 6.92 Å². The van der Waals surface area contributed by atoms with Gasteiger partial charge in [-0.15, -0.1) is 0 Å². The van der Waals surface area contributed by atoms with Crippen molar-refractivity contribution in [2.24, 2.45) is 0 Å². The zero-order valence-electron chi connectivity index (χ0n) is 8.09. The van der Waals surface area contributed by atoms with Crippen molar-refractivity contribution in [3.63, 3.8) is 0 Å². The van der Waals surface area contributed by atoms with E-state index < -0.39 is 18.7 Å². The Morgan fingerprint density at radius 2 is 2.25 bits per heavy atom. The summed E-state index contributed by atoms with van der Waals surface area (Å²) >= 11 is 0.874. The average molecular weight is 255 g/mol. The van der Waals surface area contributed by atoms with Crippen molar-refractivity contribution < 1.29 is 22.8 Å². The van der Waals surface area contributed by atoms with Crippen molar-refractivity contribution in [3.8, 4) is 0 Å². The van der Waals surface area contributed by atoms with Crippen LogP contribution in [0.5, 0.6) is 0 Å². The molecule has 0 saturated carbocycles. The van der Waals surface area contributed by atoms with E-state index in [1.807, 2.05) is 0 Å². The number of hydrogen-bond acceptors (Lipinski definition) is 5. The Balaban J connectivity index is 2.51. The van der Waals surface area contributed by atoms with Gasteiger partial charge in [-0.05, 0) is 6.92 Å². The van der Waals surface area contributed by atoms with Gasteiger partial charge in [0.1, 0.15) is 4.88 Å². The van der Waals surface area contributed by atoms with Crippen LogP contribution in [0.3, 0.4) is 0 Å². The minimum absolute atomic E-state index is 0.125. The number of aryl methyl sites for hydroxylation is 1. The van der Waals surface area contributed by atoms with E-state index in [0.717, 1.165) is 11.3 Å². The Kier molecular flexibility index (Phi) is 3.70. The molecule has 0 aliphatic carbocycles. The second-order valence-electron chi connectivity index (χ2n) is 2.80. The molecule has 16 heavy (non-hydrogen) atoms. The second kappa shape index (κ2) is 4.66. The highest BCUT2D eigenvalue weighted by atomic mass is 32.1. The summed E-state index contributed by atoms with van der Waals surface area (Å²) in [6.45, 7) is -0.0302. The number of nitrogens with two attached hydrogens (primary N) is 1. The fourth-order valence-electron chi connectivity index (χ4n) is 0.858. The summed E-state index contributed by atoms with van der Waals surface area (Å²) in [5.74, 6) is -0.795. The van der Waals surface area contributed by atoms with E-state index in [1.54, 1.807) is 5.48 Å². The quantitative estimate of drug-likeness (QED) is 0.797. The molecule has 0 radical (unpaired) electrons. The van der Waals surface area contributed by atoms with E-state index in [9.17, 15) is 18.0 Å². The van der Waals surface area contributed by atoms with Gasteiger partial charge in [0.25, 0.3) is 5.91 Å². The van der Waals surface area contributed by atoms with Gasteiger partial charge in [0.15, 0.2) is 11.7 Å². The number of aromatic nitrogens is 1. The lowest BCUT2D eigenvalue weighted by molar-refractivity contribution is -0.184. The molecule has 1 amide bonds. The lowest BCUT2D eigenvalue weighted by Crippen LogP contribution is -2.29. The molecule has 9 heteroatoms. The third-order valence-corrected chi connectivity index (χ3v) is 2.41. The molecule has 1 aromatic heterocycles. The smallest absolute Gasteiger partial charge is 0.375 e. The zero-order chi connectivity index (χ0) is 12.3. The summed E-state index contributed by atoms with van der Waals surface area (Å²) in [6, 6.07) is 0. The van der Waals surface area contributed by atoms with E-state index in [2.05, 4.69) is 9.82 Å². The molecule has 1 aromatic rings. The molecule has 0 fully saturated rings. The fraction of sp³-hybridized carbons (Fsp3) is 0.429. The molecule has 1 rings (SSSR count). The summed E-state index contributed by atoms with van der Waals surface area (Å²) in [4.78, 5) is 19.1. The number of amides is 1. The Morgan fingerprint density at radius 1 is 1.62 bits per heavy atom. The summed E-state index contributed by atoms with van der Waals surface area (Å²) in [5.41, 5.74) is 7.33. The van der Waals surface area contributed by atoms with Crippen LogP contribution in [0.15, 0.2) is 0 Å². The summed E-state index contributed by atoms with van der Waals surface area (Å²) < 4.78 is 35.1. The SMILES string of the molecule is Cc1nc(N)sc1C(=O)NOCC(F)(F)F. The molecular formula is C7H8F3N3O2S. The summed E-state index contributed by atoms with van der Waals surface area (Å²) in [6.07, 6.45) is -4.49. The molecule has 3 N–H and O–H groups in total. The van der Waals surface area contributed by atoms with Gasteiger partial charge < -0.3 is 5.73 Å². The maximum absolute atomic E-state index is 11.7. The Morgan fingerprint density at radius 3 is 2.69 bits per heavy atom. The molecular weight excluding hydrogens is 247 g/mol. The molecule has 90 valence electrons. The third-order valence-electron chi connectivity index (χ3n) is 1.42. The van der Waals surface area contributed by atoms with Gasteiger partial charge in [-0.25, -0.2) is 10.5 Å². The number of thiazole rings is 1. The maximum Gasteiger partial charge on any atom is 0.414 e. The van der Waals surface area contributed by atoms with Gasteiger partial charge in [-0.1, -0.05) is 11.3 Å². The van der Waals surface area contributed by atoms with Crippen molar-refractivity contribution in [2.45, 2.75) is 13.1 Å². The van der Waals surface area contributed by atoms with Crippen LogP contribution < -0.4 is 11.2 Å². The normalized spacial score (nSPS) is 11.5. The van der Waals surface area contributed by atoms with E-state index >= 15 is 0 Å². The lowest BCUT2D eigenvalue weighted by Gasteiger charge is -2.07. The second-order valence-corrected chi connectivity index (χ2v) is 3.83. The fourth-order valence-corrected chi connectivity index (χ4v) is 1.58. The summed E-state index contributed by atoms with van der Waals surface area (Å²) in [7, 11) is 0. The van der Waals surface area contributed by atoms with Crippen LogP contribution in [0, 0.1) is 6.92 Å². The molecule has 5 nitrogen and oxygen atoms in total. The molecule has 0 aliphatic heterocycles. The topological polar surface area (TPSA) is 77.2 Å². The number of nitrogens with zero attached hydrogens (tertiary/aromatic N) is 1. The molecule has 0 atom stereocenters. The Labute approximate surface area is 92.4 Å². The molecule has 0 bridgehead atoms. The van der Waals surface area contributed by atoms with Gasteiger partial charge >= 0.3 is 6.18 Å². The number of hydroxylamine groups is 1. The van der Waals surface area contributed by atoms with Gasteiger partial charge in [0.05, 0.1) is 5.69 Å². The van der Waals surface area contributed by atoms with Crippen molar-refractivity contribution in [2.75, 3.05) is 12.3 Å². The Hall–Kier alpha value is -1.35. The maximum atomic E-state index is 11.7. The molecule has 0 saturated heterocycles. The van der Waals surface area contributed by atoms with Crippen LogP contribution in [0.4, 0.5) is 18.3 Å². The minimum Gasteiger partial charge on any atom is -0.375 e. The number of anilines is 1. The first-order valence-corrected chi connectivity index (χ1v) is 4.83.